The van der Waals surface area contributed by atoms with E-state index >= 15 is 0 Å². The number of nitrogens with one attached hydrogen (secondary N) is 2. The van der Waals surface area contributed by atoms with Gasteiger partial charge in [-0.15, -0.1) is 0 Å². The minimum atomic E-state index is -0.316. The molecule has 2 N–H and O–H groups in total. The standard InChI is InChI=1S/C21H27BrFN5/c1-2-24-21(26-14-20-19(23)4-3-11-25-20)27-18-9-12-28(13-10-18)15-16-5-7-17(22)8-6-16/h3-8,11,18H,2,9-10,12-15H2,1H3,(H2,24,26,27). The van der Waals surface area contributed by atoms with Gasteiger partial charge in [-0.2, -0.15) is 0 Å². The van der Waals surface area contributed by atoms with Crippen LogP contribution in [0.1, 0.15) is 31.0 Å². The number of likely N-dealkylation sites (tertiary alicyclic amines) is 1. The van der Waals surface area contributed by atoms with E-state index in [0.29, 0.717) is 11.7 Å². The van der Waals surface area contributed by atoms with Gasteiger partial charge in [-0.1, -0.05) is 28.1 Å². The van der Waals surface area contributed by atoms with Gasteiger partial charge in [0, 0.05) is 42.9 Å². The number of nitrogens with zero attached hydrogens (tertiary/aromatic N) is 3. The van der Waals surface area contributed by atoms with E-state index in [1.165, 1.54) is 11.6 Å². The molecule has 1 aliphatic heterocycles. The number of halogens is 2. The molecule has 28 heavy (non-hydrogen) atoms. The van der Waals surface area contributed by atoms with E-state index < -0.39 is 0 Å². The lowest BCUT2D eigenvalue weighted by atomic mass is 10.0. The molecule has 1 aromatic heterocycles. The highest BCUT2D eigenvalue weighted by Crippen LogP contribution is 2.16. The maximum atomic E-state index is 13.7. The minimum absolute atomic E-state index is 0.227. The average molecular weight is 448 g/mol. The molecule has 0 unspecified atom stereocenters. The highest BCUT2D eigenvalue weighted by molar-refractivity contribution is 9.10. The number of aliphatic imine (C=N–C) groups is 1. The van der Waals surface area contributed by atoms with Crippen molar-refractivity contribution in [1.82, 2.24) is 20.5 Å². The molecule has 150 valence electrons. The van der Waals surface area contributed by atoms with E-state index in [1.54, 1.807) is 12.3 Å². The molecule has 1 aromatic carbocycles. The van der Waals surface area contributed by atoms with Crippen LogP contribution in [0, 0.1) is 5.82 Å². The molecule has 0 atom stereocenters. The van der Waals surface area contributed by atoms with Crippen LogP contribution in [-0.2, 0) is 13.1 Å². The van der Waals surface area contributed by atoms with Crippen LogP contribution in [0.25, 0.3) is 0 Å². The third-order valence-corrected chi connectivity index (χ3v) is 5.34. The molecule has 0 radical (unpaired) electrons. The van der Waals surface area contributed by atoms with Crippen molar-refractivity contribution in [3.8, 4) is 0 Å². The zero-order valence-corrected chi connectivity index (χ0v) is 17.8. The molecule has 0 bridgehead atoms. The number of rotatable bonds is 6. The summed E-state index contributed by atoms with van der Waals surface area (Å²) in [6.07, 6.45) is 3.70. The molecule has 1 fully saturated rings. The van der Waals surface area contributed by atoms with E-state index in [2.05, 4.69) is 65.7 Å². The average Bonchev–Trinajstić information content (AvgIpc) is 2.70. The molecule has 0 saturated carbocycles. The summed E-state index contributed by atoms with van der Waals surface area (Å²) in [5.41, 5.74) is 1.70. The van der Waals surface area contributed by atoms with Crippen LogP contribution in [0.5, 0.6) is 0 Å². The maximum Gasteiger partial charge on any atom is 0.191 e. The van der Waals surface area contributed by atoms with Gasteiger partial charge in [0.15, 0.2) is 5.96 Å². The summed E-state index contributed by atoms with van der Waals surface area (Å²) >= 11 is 3.48. The lowest BCUT2D eigenvalue weighted by molar-refractivity contribution is 0.198. The van der Waals surface area contributed by atoms with Crippen molar-refractivity contribution < 1.29 is 4.39 Å². The molecule has 1 aliphatic rings. The Balaban J connectivity index is 1.50. The molecule has 0 spiro atoms. The van der Waals surface area contributed by atoms with E-state index in [-0.39, 0.29) is 12.4 Å². The van der Waals surface area contributed by atoms with Gasteiger partial charge in [-0.25, -0.2) is 9.38 Å². The fraction of sp³-hybridized carbons (Fsp3) is 0.429. The summed E-state index contributed by atoms with van der Waals surface area (Å²) in [4.78, 5) is 11.1. The smallest absolute Gasteiger partial charge is 0.191 e. The molecule has 2 aromatic rings. The Bertz CT molecular complexity index is 773. The van der Waals surface area contributed by atoms with Gasteiger partial charge >= 0.3 is 0 Å². The number of pyridine rings is 1. The van der Waals surface area contributed by atoms with E-state index in [1.807, 2.05) is 6.92 Å². The first-order valence-corrected chi connectivity index (χ1v) is 10.5. The van der Waals surface area contributed by atoms with Gasteiger partial charge in [0.1, 0.15) is 5.82 Å². The van der Waals surface area contributed by atoms with Crippen LogP contribution in [0.4, 0.5) is 4.39 Å². The Morgan fingerprint density at radius 1 is 1.25 bits per heavy atom. The van der Waals surface area contributed by atoms with E-state index in [0.717, 1.165) is 49.5 Å². The quantitative estimate of drug-likeness (QED) is 0.523. The summed E-state index contributed by atoms with van der Waals surface area (Å²) in [5.74, 6) is 0.405. The van der Waals surface area contributed by atoms with Crippen LogP contribution in [0.15, 0.2) is 52.1 Å². The Morgan fingerprint density at radius 2 is 2.00 bits per heavy atom. The number of aromatic nitrogens is 1. The summed E-state index contributed by atoms with van der Waals surface area (Å²) in [5, 5.41) is 6.74. The first-order chi connectivity index (χ1) is 13.6. The van der Waals surface area contributed by atoms with Crippen molar-refractivity contribution in [2.75, 3.05) is 19.6 Å². The van der Waals surface area contributed by atoms with E-state index in [9.17, 15) is 4.39 Å². The predicted molar refractivity (Wildman–Crippen MR) is 115 cm³/mol. The fourth-order valence-corrected chi connectivity index (χ4v) is 3.55. The van der Waals surface area contributed by atoms with Crippen molar-refractivity contribution in [2.45, 2.75) is 38.9 Å². The third kappa shape index (κ3) is 6.27. The third-order valence-electron chi connectivity index (χ3n) is 4.81. The molecule has 5 nitrogen and oxygen atoms in total. The highest BCUT2D eigenvalue weighted by Gasteiger charge is 2.20. The lowest BCUT2D eigenvalue weighted by Crippen LogP contribution is -2.48. The first-order valence-electron chi connectivity index (χ1n) is 9.75. The number of benzene rings is 1. The van der Waals surface area contributed by atoms with Crippen LogP contribution >= 0.6 is 15.9 Å². The molecule has 3 rings (SSSR count). The van der Waals surface area contributed by atoms with Gasteiger partial charge in [0.05, 0.1) is 12.2 Å². The molecule has 0 aliphatic carbocycles. The molecule has 1 saturated heterocycles. The molecule has 2 heterocycles. The predicted octanol–water partition coefficient (Wildman–Crippen LogP) is 3.70. The monoisotopic (exact) mass is 447 g/mol. The number of guanidine groups is 1. The number of hydrogen-bond acceptors (Lipinski definition) is 3. The second kappa shape index (κ2) is 10.5. The zero-order valence-electron chi connectivity index (χ0n) is 16.2. The van der Waals surface area contributed by atoms with Crippen LogP contribution in [-0.4, -0.2) is 41.5 Å². The summed E-state index contributed by atoms with van der Waals surface area (Å²) in [7, 11) is 0. The summed E-state index contributed by atoms with van der Waals surface area (Å²) in [6.45, 7) is 6.08. The Kier molecular flexibility index (Phi) is 7.80. The molecule has 0 amide bonds. The van der Waals surface area contributed by atoms with Gasteiger partial charge in [0.25, 0.3) is 0 Å². The van der Waals surface area contributed by atoms with Crippen molar-refractivity contribution in [2.24, 2.45) is 4.99 Å². The highest BCUT2D eigenvalue weighted by atomic mass is 79.9. The fourth-order valence-electron chi connectivity index (χ4n) is 3.29. The minimum Gasteiger partial charge on any atom is -0.357 e. The van der Waals surface area contributed by atoms with Gasteiger partial charge in [-0.05, 0) is 49.6 Å². The zero-order chi connectivity index (χ0) is 19.8. The van der Waals surface area contributed by atoms with Gasteiger partial charge in [-0.3, -0.25) is 9.88 Å². The number of piperidine rings is 1. The maximum absolute atomic E-state index is 13.7. The Morgan fingerprint density at radius 3 is 2.68 bits per heavy atom. The summed E-state index contributed by atoms with van der Waals surface area (Å²) in [6, 6.07) is 11.9. The number of hydrogen-bond donors (Lipinski definition) is 2. The van der Waals surface area contributed by atoms with Crippen molar-refractivity contribution >= 4 is 21.9 Å². The molecular weight excluding hydrogens is 421 g/mol. The van der Waals surface area contributed by atoms with Gasteiger partial charge in [0.2, 0.25) is 0 Å². The van der Waals surface area contributed by atoms with Gasteiger partial charge < -0.3 is 10.6 Å². The van der Waals surface area contributed by atoms with Crippen molar-refractivity contribution in [3.63, 3.8) is 0 Å². The molecule has 7 heteroatoms. The normalized spacial score (nSPS) is 16.2. The van der Waals surface area contributed by atoms with Crippen LogP contribution < -0.4 is 10.6 Å². The first kappa shape index (κ1) is 20.7. The van der Waals surface area contributed by atoms with Crippen molar-refractivity contribution in [3.05, 3.63) is 64.1 Å². The van der Waals surface area contributed by atoms with Crippen LogP contribution in [0.3, 0.4) is 0 Å². The SMILES string of the molecule is CCNC(=NCc1ncccc1F)NC1CCN(Cc2ccc(Br)cc2)CC1. The van der Waals surface area contributed by atoms with E-state index in [4.69, 9.17) is 0 Å². The summed E-state index contributed by atoms with van der Waals surface area (Å²) < 4.78 is 14.9. The largest absolute Gasteiger partial charge is 0.357 e. The topological polar surface area (TPSA) is 52.6 Å². The lowest BCUT2D eigenvalue weighted by Gasteiger charge is -2.33. The Hall–Kier alpha value is -1.99. The van der Waals surface area contributed by atoms with Crippen molar-refractivity contribution in [1.29, 1.82) is 0 Å². The Labute approximate surface area is 174 Å². The molecular formula is C21H27BrFN5. The van der Waals surface area contributed by atoms with Crippen LogP contribution in [0.2, 0.25) is 0 Å². The second-order valence-electron chi connectivity index (χ2n) is 6.95. The second-order valence-corrected chi connectivity index (χ2v) is 7.86.